The molecule has 0 bridgehead atoms. The quantitative estimate of drug-likeness (QED) is 0.182. The Morgan fingerprint density at radius 1 is 0.381 bits per heavy atom. The number of aliphatic hydroxyl groups is 2. The van der Waals surface area contributed by atoms with Crippen LogP contribution in [0.1, 0.15) is 82.1 Å². The third-order valence-corrected chi connectivity index (χ3v) is 5.70. The first kappa shape index (κ1) is 38.5. The molecule has 2 nitrogen and oxygen atoms in total. The summed E-state index contributed by atoms with van der Waals surface area (Å²) in [6, 6.07) is 0. The second kappa shape index (κ2) is 21.3. The number of hydrogen-bond acceptors (Lipinski definition) is 2. The topological polar surface area (TPSA) is 40.5 Å². The van der Waals surface area contributed by atoms with Gasteiger partial charge in [-0.05, 0) is 82.1 Å². The van der Waals surface area contributed by atoms with E-state index in [2.05, 4.69) is 127 Å². The van der Waals surface area contributed by atoms with Crippen LogP contribution in [0.4, 0.5) is 0 Å². The lowest BCUT2D eigenvalue weighted by Crippen LogP contribution is -2.16. The van der Waals surface area contributed by atoms with Crippen molar-refractivity contribution in [3.05, 3.63) is 155 Å². The van der Waals surface area contributed by atoms with Gasteiger partial charge in [0.25, 0.3) is 0 Å². The lowest BCUT2D eigenvalue weighted by Gasteiger charge is -2.13. The molecule has 2 heteroatoms. The summed E-state index contributed by atoms with van der Waals surface area (Å²) in [5.74, 6) is 0. The molecular formula is C40H56O2. The molecule has 0 radical (unpaired) electrons. The van der Waals surface area contributed by atoms with Crippen LogP contribution in [0.5, 0.6) is 0 Å². The highest BCUT2D eigenvalue weighted by atomic mass is 16.3. The number of rotatable bonds is 16. The first-order valence-corrected chi connectivity index (χ1v) is 14.8. The molecule has 0 saturated carbocycles. The Kier molecular flexibility index (Phi) is 19.5. The Hall–Kier alpha value is -3.46. The van der Waals surface area contributed by atoms with Crippen molar-refractivity contribution in [2.45, 2.75) is 93.3 Å². The average molecular weight is 569 g/mol. The minimum Gasteiger partial charge on any atom is -0.390 e. The predicted molar refractivity (Wildman–Crippen MR) is 188 cm³/mol. The zero-order valence-electron chi connectivity index (χ0n) is 27.9. The van der Waals surface area contributed by atoms with Gasteiger partial charge in [0.05, 0.1) is 11.2 Å². The van der Waals surface area contributed by atoms with Gasteiger partial charge in [0.1, 0.15) is 0 Å². The molecule has 0 amide bonds. The Labute approximate surface area is 258 Å². The summed E-state index contributed by atoms with van der Waals surface area (Å²) in [7, 11) is 0. The monoisotopic (exact) mass is 568 g/mol. The molecule has 0 saturated heterocycles. The third kappa shape index (κ3) is 26.7. The van der Waals surface area contributed by atoms with E-state index in [1.54, 1.807) is 0 Å². The highest BCUT2D eigenvalue weighted by Crippen LogP contribution is 2.10. The van der Waals surface area contributed by atoms with Gasteiger partial charge in [-0.1, -0.05) is 155 Å². The summed E-state index contributed by atoms with van der Waals surface area (Å²) in [5.41, 5.74) is 5.66. The molecule has 0 spiro atoms. The SMILES string of the molecule is CC(C=CC=C(C)C=CC=C(C)C=CCC(C)(C)O)=CC=CC=C(C)C=CC=C(C)C=CC=C(C)C=CCC(C)(C)O. The van der Waals surface area contributed by atoms with Crippen LogP contribution in [0, 0.1) is 0 Å². The predicted octanol–water partition coefficient (Wildman–Crippen LogP) is 10.9. The average Bonchev–Trinajstić information content (AvgIpc) is 2.85. The van der Waals surface area contributed by atoms with E-state index in [0.29, 0.717) is 12.8 Å². The Balaban J connectivity index is 4.78. The molecule has 42 heavy (non-hydrogen) atoms. The van der Waals surface area contributed by atoms with Crippen LogP contribution in [-0.2, 0) is 0 Å². The van der Waals surface area contributed by atoms with Crippen molar-refractivity contribution in [2.24, 2.45) is 0 Å². The van der Waals surface area contributed by atoms with E-state index >= 15 is 0 Å². The van der Waals surface area contributed by atoms with Crippen LogP contribution >= 0.6 is 0 Å². The molecule has 0 aliphatic heterocycles. The van der Waals surface area contributed by atoms with Crippen molar-refractivity contribution < 1.29 is 10.2 Å². The van der Waals surface area contributed by atoms with Gasteiger partial charge in [-0.15, -0.1) is 0 Å². The molecule has 228 valence electrons. The first-order chi connectivity index (χ1) is 19.6. The van der Waals surface area contributed by atoms with Gasteiger partial charge in [-0.25, -0.2) is 0 Å². The zero-order valence-corrected chi connectivity index (χ0v) is 27.9. The smallest absolute Gasteiger partial charge is 0.0626 e. The summed E-state index contributed by atoms with van der Waals surface area (Å²) < 4.78 is 0. The molecular weight excluding hydrogens is 512 g/mol. The normalized spacial score (nSPS) is 16.5. The summed E-state index contributed by atoms with van der Waals surface area (Å²) in [6.07, 6.45) is 42.6. The van der Waals surface area contributed by atoms with Crippen molar-refractivity contribution in [3.63, 3.8) is 0 Å². The largest absolute Gasteiger partial charge is 0.390 e. The van der Waals surface area contributed by atoms with Crippen LogP contribution in [0.15, 0.2) is 155 Å². The minimum absolute atomic E-state index is 0.640. The molecule has 0 aliphatic rings. The van der Waals surface area contributed by atoms with E-state index in [9.17, 15) is 10.2 Å². The fourth-order valence-electron chi connectivity index (χ4n) is 3.22. The maximum Gasteiger partial charge on any atom is 0.0626 e. The second-order valence-electron chi connectivity index (χ2n) is 12.1. The van der Waals surface area contributed by atoms with Gasteiger partial charge in [-0.3, -0.25) is 0 Å². The van der Waals surface area contributed by atoms with Gasteiger partial charge in [-0.2, -0.15) is 0 Å². The Morgan fingerprint density at radius 3 is 0.833 bits per heavy atom. The van der Waals surface area contributed by atoms with Crippen molar-refractivity contribution in [2.75, 3.05) is 0 Å². The van der Waals surface area contributed by atoms with E-state index in [4.69, 9.17) is 0 Å². The summed E-state index contributed by atoms with van der Waals surface area (Å²) >= 11 is 0. The highest BCUT2D eigenvalue weighted by Gasteiger charge is 2.09. The van der Waals surface area contributed by atoms with Gasteiger partial charge in [0, 0.05) is 0 Å². The number of hydrogen-bond donors (Lipinski definition) is 2. The van der Waals surface area contributed by atoms with Crippen molar-refractivity contribution >= 4 is 0 Å². The van der Waals surface area contributed by atoms with E-state index in [1.807, 2.05) is 64.2 Å². The van der Waals surface area contributed by atoms with Crippen molar-refractivity contribution in [3.8, 4) is 0 Å². The summed E-state index contributed by atoms with van der Waals surface area (Å²) in [6.45, 7) is 19.7. The molecule has 2 N–H and O–H groups in total. The first-order valence-electron chi connectivity index (χ1n) is 14.8. The molecule has 0 atom stereocenters. The van der Waals surface area contributed by atoms with Crippen molar-refractivity contribution in [1.29, 1.82) is 0 Å². The molecule has 0 fully saturated rings. The molecule has 0 rings (SSSR count). The lowest BCUT2D eigenvalue weighted by molar-refractivity contribution is 0.0832. The van der Waals surface area contributed by atoms with Crippen LogP contribution in [0.2, 0.25) is 0 Å². The fraction of sp³-hybridized carbons (Fsp3) is 0.350. The molecule has 0 aromatic heterocycles. The van der Waals surface area contributed by atoms with Gasteiger partial charge < -0.3 is 10.2 Å². The fourth-order valence-corrected chi connectivity index (χ4v) is 3.22. The Morgan fingerprint density at radius 2 is 0.595 bits per heavy atom. The number of allylic oxidation sites excluding steroid dienone is 24. The zero-order chi connectivity index (χ0) is 32.0. The standard InChI is InChI=1S/C40H56O2/c1-33(21-13-23-35(3)25-15-27-37(5)29-17-31-39(7,8)41)19-11-12-20-34(2)22-14-24-36(4)26-16-28-38(6)30-18-32-40(9,10)42/h11-30,41-42H,31-32H2,1-10H3. The van der Waals surface area contributed by atoms with E-state index in [1.165, 1.54) is 22.3 Å². The van der Waals surface area contributed by atoms with E-state index in [0.717, 1.165) is 11.1 Å². The maximum absolute atomic E-state index is 9.76. The summed E-state index contributed by atoms with van der Waals surface area (Å²) in [5, 5.41) is 19.5. The van der Waals surface area contributed by atoms with Gasteiger partial charge >= 0.3 is 0 Å². The van der Waals surface area contributed by atoms with Crippen LogP contribution in [0.25, 0.3) is 0 Å². The van der Waals surface area contributed by atoms with Crippen LogP contribution in [-0.4, -0.2) is 21.4 Å². The van der Waals surface area contributed by atoms with Gasteiger partial charge in [0.2, 0.25) is 0 Å². The highest BCUT2D eigenvalue weighted by molar-refractivity contribution is 5.33. The second-order valence-corrected chi connectivity index (χ2v) is 12.1. The van der Waals surface area contributed by atoms with E-state index in [-0.39, 0.29) is 0 Å². The van der Waals surface area contributed by atoms with Crippen LogP contribution in [0.3, 0.4) is 0 Å². The maximum atomic E-state index is 9.76. The molecule has 0 aliphatic carbocycles. The molecule has 0 unspecified atom stereocenters. The van der Waals surface area contributed by atoms with Crippen molar-refractivity contribution in [1.82, 2.24) is 0 Å². The molecule has 0 aromatic carbocycles. The van der Waals surface area contributed by atoms with Gasteiger partial charge in [0.15, 0.2) is 0 Å². The molecule has 0 aromatic rings. The van der Waals surface area contributed by atoms with E-state index < -0.39 is 11.2 Å². The van der Waals surface area contributed by atoms with Crippen LogP contribution < -0.4 is 0 Å². The summed E-state index contributed by atoms with van der Waals surface area (Å²) in [4.78, 5) is 0. The Bertz CT molecular complexity index is 1110. The minimum atomic E-state index is -0.667. The lowest BCUT2D eigenvalue weighted by atomic mass is 10.0. The molecule has 0 heterocycles. The third-order valence-electron chi connectivity index (χ3n) is 5.70.